The number of nitrogens with zero attached hydrogens (tertiary/aromatic N) is 3. The highest BCUT2D eigenvalue weighted by Crippen LogP contribution is 2.23. The van der Waals surface area contributed by atoms with Crippen LogP contribution < -0.4 is 5.32 Å². The van der Waals surface area contributed by atoms with E-state index in [2.05, 4.69) is 15.5 Å². The number of carbonyl (C=O) groups is 1. The van der Waals surface area contributed by atoms with Gasteiger partial charge in [0, 0.05) is 30.6 Å². The summed E-state index contributed by atoms with van der Waals surface area (Å²) in [6, 6.07) is 15.3. The van der Waals surface area contributed by atoms with Crippen LogP contribution >= 0.6 is 0 Å². The smallest absolute Gasteiger partial charge is 0.251 e. The van der Waals surface area contributed by atoms with Gasteiger partial charge in [-0.2, -0.15) is 0 Å². The largest absolute Gasteiger partial charge is 0.356 e. The molecule has 7 heteroatoms. The van der Waals surface area contributed by atoms with Gasteiger partial charge in [0.15, 0.2) is 5.76 Å². The molecule has 0 saturated carbocycles. The molecule has 0 aliphatic rings. The lowest BCUT2D eigenvalue weighted by Gasteiger charge is -2.05. The molecule has 28 heavy (non-hydrogen) atoms. The molecule has 1 N–H and O–H groups in total. The number of imidazole rings is 1. The van der Waals surface area contributed by atoms with Gasteiger partial charge in [0.1, 0.15) is 11.5 Å². The normalized spacial score (nSPS) is 10.8. The molecule has 2 aromatic heterocycles. The second-order valence-corrected chi connectivity index (χ2v) is 6.28. The fourth-order valence-electron chi connectivity index (χ4n) is 2.81. The molecule has 0 radical (unpaired) electrons. The van der Waals surface area contributed by atoms with Crippen molar-refractivity contribution in [3.05, 3.63) is 96.0 Å². The molecular formula is C21H17FN4O2. The number of hydrogen-bond donors (Lipinski definition) is 1. The molecule has 0 atom stereocenters. The van der Waals surface area contributed by atoms with E-state index in [9.17, 15) is 9.18 Å². The minimum Gasteiger partial charge on any atom is -0.356 e. The Kier molecular flexibility index (Phi) is 4.97. The standard InChI is InChI=1S/C21H17FN4O2/c22-19-4-2-1-3-18(19)20-11-17(25-28-20)12-24-21(27)16-7-5-15(6-8-16)13-26-10-9-23-14-26/h1-11,14H,12-13H2,(H,24,27). The maximum atomic E-state index is 13.8. The minimum atomic E-state index is -0.384. The van der Waals surface area contributed by atoms with E-state index in [1.165, 1.54) is 6.07 Å². The van der Waals surface area contributed by atoms with Gasteiger partial charge in [-0.05, 0) is 29.8 Å². The third kappa shape index (κ3) is 3.98. The number of rotatable bonds is 6. The Labute approximate surface area is 160 Å². The summed E-state index contributed by atoms with van der Waals surface area (Å²) in [6.07, 6.45) is 5.35. The van der Waals surface area contributed by atoms with Crippen LogP contribution in [0.4, 0.5) is 4.39 Å². The highest BCUT2D eigenvalue weighted by molar-refractivity contribution is 5.94. The van der Waals surface area contributed by atoms with E-state index in [-0.39, 0.29) is 18.3 Å². The summed E-state index contributed by atoms with van der Waals surface area (Å²) in [6.45, 7) is 0.882. The lowest BCUT2D eigenvalue weighted by atomic mass is 10.1. The molecule has 0 aliphatic heterocycles. The lowest BCUT2D eigenvalue weighted by Crippen LogP contribution is -2.22. The molecule has 140 valence electrons. The van der Waals surface area contributed by atoms with Crippen LogP contribution in [-0.4, -0.2) is 20.6 Å². The van der Waals surface area contributed by atoms with Gasteiger partial charge in [0.2, 0.25) is 0 Å². The third-order valence-corrected chi connectivity index (χ3v) is 4.27. The summed E-state index contributed by atoms with van der Waals surface area (Å²) < 4.78 is 20.9. The summed E-state index contributed by atoms with van der Waals surface area (Å²) in [5.74, 6) is -0.277. The first-order valence-electron chi connectivity index (χ1n) is 8.72. The Balaban J connectivity index is 1.36. The fourth-order valence-corrected chi connectivity index (χ4v) is 2.81. The van der Waals surface area contributed by atoms with E-state index >= 15 is 0 Å². The highest BCUT2D eigenvalue weighted by Gasteiger charge is 2.12. The highest BCUT2D eigenvalue weighted by atomic mass is 19.1. The predicted molar refractivity (Wildman–Crippen MR) is 101 cm³/mol. The second kappa shape index (κ2) is 7.87. The predicted octanol–water partition coefficient (Wildman–Crippen LogP) is 3.66. The van der Waals surface area contributed by atoms with Crippen molar-refractivity contribution in [1.82, 2.24) is 20.0 Å². The van der Waals surface area contributed by atoms with Crippen molar-refractivity contribution in [2.75, 3.05) is 0 Å². The molecule has 4 aromatic rings. The van der Waals surface area contributed by atoms with Gasteiger partial charge in [0.25, 0.3) is 5.91 Å². The van der Waals surface area contributed by atoms with Crippen LogP contribution in [0.25, 0.3) is 11.3 Å². The number of amides is 1. The first-order valence-corrected chi connectivity index (χ1v) is 8.72. The average Bonchev–Trinajstić information content (AvgIpc) is 3.39. The second-order valence-electron chi connectivity index (χ2n) is 6.28. The van der Waals surface area contributed by atoms with Crippen molar-refractivity contribution in [2.45, 2.75) is 13.1 Å². The van der Waals surface area contributed by atoms with E-state index in [4.69, 9.17) is 4.52 Å². The van der Waals surface area contributed by atoms with E-state index < -0.39 is 0 Å². The average molecular weight is 376 g/mol. The molecule has 2 heterocycles. The molecule has 4 rings (SSSR count). The van der Waals surface area contributed by atoms with Gasteiger partial charge < -0.3 is 14.4 Å². The summed E-state index contributed by atoms with van der Waals surface area (Å²) in [5.41, 5.74) is 2.47. The molecule has 0 bridgehead atoms. The Hall–Kier alpha value is -3.74. The molecular weight excluding hydrogens is 359 g/mol. The van der Waals surface area contributed by atoms with Crippen LogP contribution in [0, 0.1) is 5.82 Å². The number of nitrogens with one attached hydrogen (secondary N) is 1. The molecule has 0 fully saturated rings. The summed E-state index contributed by atoms with van der Waals surface area (Å²) in [5, 5.41) is 6.68. The van der Waals surface area contributed by atoms with Crippen LogP contribution in [-0.2, 0) is 13.1 Å². The van der Waals surface area contributed by atoms with Crippen LogP contribution in [0.3, 0.4) is 0 Å². The molecule has 0 unspecified atom stereocenters. The van der Waals surface area contributed by atoms with Crippen molar-refractivity contribution >= 4 is 5.91 Å². The third-order valence-electron chi connectivity index (χ3n) is 4.27. The first kappa shape index (κ1) is 17.7. The van der Waals surface area contributed by atoms with Gasteiger partial charge in [-0.25, -0.2) is 9.37 Å². The molecule has 6 nitrogen and oxygen atoms in total. The molecule has 0 aliphatic carbocycles. The van der Waals surface area contributed by atoms with E-state index in [0.717, 1.165) is 5.56 Å². The Bertz CT molecular complexity index is 1070. The monoisotopic (exact) mass is 376 g/mol. The van der Waals surface area contributed by atoms with E-state index in [0.29, 0.717) is 29.1 Å². The number of hydrogen-bond acceptors (Lipinski definition) is 4. The molecule has 2 aromatic carbocycles. The van der Waals surface area contributed by atoms with Crippen molar-refractivity contribution in [3.63, 3.8) is 0 Å². The first-order chi connectivity index (χ1) is 13.7. The number of carbonyl (C=O) groups excluding carboxylic acids is 1. The van der Waals surface area contributed by atoms with Crippen molar-refractivity contribution < 1.29 is 13.7 Å². The summed E-state index contributed by atoms with van der Waals surface area (Å²) in [4.78, 5) is 16.3. The van der Waals surface area contributed by atoms with E-state index in [1.54, 1.807) is 48.9 Å². The zero-order valence-electron chi connectivity index (χ0n) is 14.9. The number of benzene rings is 2. The SMILES string of the molecule is O=C(NCc1cc(-c2ccccc2F)on1)c1ccc(Cn2ccnc2)cc1. The van der Waals surface area contributed by atoms with Gasteiger partial charge in [-0.3, -0.25) is 4.79 Å². The Morgan fingerprint density at radius 2 is 1.96 bits per heavy atom. The van der Waals surface area contributed by atoms with Crippen molar-refractivity contribution in [1.29, 1.82) is 0 Å². The molecule has 0 spiro atoms. The topological polar surface area (TPSA) is 73.0 Å². The maximum absolute atomic E-state index is 13.8. The maximum Gasteiger partial charge on any atom is 0.251 e. The molecule has 0 saturated heterocycles. The fraction of sp³-hybridized carbons (Fsp3) is 0.0952. The minimum absolute atomic E-state index is 0.188. The van der Waals surface area contributed by atoms with Gasteiger partial charge in [0.05, 0.1) is 18.4 Å². The Morgan fingerprint density at radius 3 is 2.71 bits per heavy atom. The number of halogens is 1. The van der Waals surface area contributed by atoms with Crippen molar-refractivity contribution in [3.8, 4) is 11.3 Å². The Morgan fingerprint density at radius 1 is 1.14 bits per heavy atom. The molecule has 1 amide bonds. The van der Waals surface area contributed by atoms with Gasteiger partial charge >= 0.3 is 0 Å². The summed E-state index contributed by atoms with van der Waals surface area (Å²) in [7, 11) is 0. The van der Waals surface area contributed by atoms with Crippen molar-refractivity contribution in [2.24, 2.45) is 0 Å². The van der Waals surface area contributed by atoms with E-state index in [1.807, 2.05) is 22.9 Å². The number of aromatic nitrogens is 3. The van der Waals surface area contributed by atoms with Crippen LogP contribution in [0.2, 0.25) is 0 Å². The van der Waals surface area contributed by atoms with Crippen LogP contribution in [0.1, 0.15) is 21.6 Å². The zero-order valence-corrected chi connectivity index (χ0v) is 14.9. The lowest BCUT2D eigenvalue weighted by molar-refractivity contribution is 0.0950. The zero-order chi connectivity index (χ0) is 19.3. The quantitative estimate of drug-likeness (QED) is 0.557. The summed E-state index contributed by atoms with van der Waals surface area (Å²) >= 11 is 0. The van der Waals surface area contributed by atoms with Crippen LogP contribution in [0.5, 0.6) is 0 Å². The van der Waals surface area contributed by atoms with Gasteiger partial charge in [-0.1, -0.05) is 29.4 Å². The van der Waals surface area contributed by atoms with Crippen LogP contribution in [0.15, 0.2) is 77.8 Å². The van der Waals surface area contributed by atoms with Gasteiger partial charge in [-0.15, -0.1) is 0 Å².